The minimum atomic E-state index is -1.09. The van der Waals surface area contributed by atoms with Crippen LogP contribution in [0.3, 0.4) is 0 Å². The monoisotopic (exact) mass is 243 g/mol. The first-order chi connectivity index (χ1) is 8.05. The van der Waals surface area contributed by atoms with Crippen molar-refractivity contribution in [3.05, 3.63) is 0 Å². The summed E-state index contributed by atoms with van der Waals surface area (Å²) in [6.07, 6.45) is 1.60. The van der Waals surface area contributed by atoms with E-state index >= 15 is 0 Å². The summed E-state index contributed by atoms with van der Waals surface area (Å²) < 4.78 is 17.2. The Hall–Kier alpha value is -0.650. The number of ether oxygens (including phenoxy) is 3. The van der Waals surface area contributed by atoms with Crippen molar-refractivity contribution in [2.24, 2.45) is 11.3 Å². The zero-order valence-electron chi connectivity index (χ0n) is 10.7. The highest BCUT2D eigenvalue weighted by Crippen LogP contribution is 2.41. The van der Waals surface area contributed by atoms with E-state index in [1.807, 2.05) is 0 Å². The summed E-state index contributed by atoms with van der Waals surface area (Å²) in [6, 6.07) is -0.269. The summed E-state index contributed by atoms with van der Waals surface area (Å²) in [7, 11) is 0. The van der Waals surface area contributed by atoms with Gasteiger partial charge in [0.2, 0.25) is 6.41 Å². The summed E-state index contributed by atoms with van der Waals surface area (Å²) in [6.45, 7) is 8.02. The minimum absolute atomic E-state index is 0.0526. The van der Waals surface area contributed by atoms with E-state index < -0.39 is 5.97 Å². The highest BCUT2D eigenvalue weighted by Gasteiger charge is 2.56. The normalized spacial score (nSPS) is 39.7. The van der Waals surface area contributed by atoms with Crippen molar-refractivity contribution in [1.29, 1.82) is 0 Å². The second-order valence-corrected chi connectivity index (χ2v) is 5.43. The molecule has 3 aliphatic heterocycles. The van der Waals surface area contributed by atoms with Gasteiger partial charge in [-0.15, -0.1) is 0 Å². The smallest absolute Gasteiger partial charge is 0.304 e. The van der Waals surface area contributed by atoms with Gasteiger partial charge >= 0.3 is 5.97 Å². The van der Waals surface area contributed by atoms with Gasteiger partial charge in [-0.3, -0.25) is 4.79 Å². The van der Waals surface area contributed by atoms with Crippen molar-refractivity contribution in [2.45, 2.75) is 39.2 Å². The molecule has 1 N–H and O–H groups in total. The van der Waals surface area contributed by atoms with Gasteiger partial charge in [-0.2, -0.15) is 0 Å². The van der Waals surface area contributed by atoms with E-state index in [2.05, 4.69) is 26.1 Å². The van der Waals surface area contributed by atoms with Gasteiger partial charge in [0.05, 0.1) is 19.8 Å². The van der Waals surface area contributed by atoms with Crippen LogP contribution in [0.25, 0.3) is 0 Å². The molecule has 3 rings (SSSR count). The van der Waals surface area contributed by atoms with Gasteiger partial charge in [-0.05, 0) is 5.92 Å². The molecule has 2 atom stereocenters. The highest BCUT2D eigenvalue weighted by molar-refractivity contribution is 5.47. The molecule has 3 aliphatic rings. The highest BCUT2D eigenvalue weighted by atomic mass is 16.9. The summed E-state index contributed by atoms with van der Waals surface area (Å²) in [5.74, 6) is -0.865. The van der Waals surface area contributed by atoms with Crippen LogP contribution in [0.4, 0.5) is 0 Å². The second kappa shape index (κ2) is 4.55. The van der Waals surface area contributed by atoms with Gasteiger partial charge in [-0.25, -0.2) is 0 Å². The Bertz CT molecular complexity index is 270. The van der Waals surface area contributed by atoms with Crippen LogP contribution < -0.4 is 5.32 Å². The fraction of sp³-hybridized carbons (Fsp3) is 0.917. The van der Waals surface area contributed by atoms with Crippen molar-refractivity contribution < 1.29 is 19.0 Å². The summed E-state index contributed by atoms with van der Waals surface area (Å²) in [4.78, 5) is 10.7. The van der Waals surface area contributed by atoms with Gasteiger partial charge in [0.15, 0.2) is 0 Å². The molecule has 17 heavy (non-hydrogen) atoms. The number of nitrogens with one attached hydrogen (secondary N) is 1. The first-order valence-corrected chi connectivity index (χ1v) is 6.17. The summed E-state index contributed by atoms with van der Waals surface area (Å²) >= 11 is 0. The van der Waals surface area contributed by atoms with E-state index in [9.17, 15) is 4.79 Å². The van der Waals surface area contributed by atoms with Gasteiger partial charge in [-0.1, -0.05) is 27.2 Å². The van der Waals surface area contributed by atoms with Crippen LogP contribution in [0, 0.1) is 11.3 Å². The lowest BCUT2D eigenvalue weighted by atomic mass is 9.89. The van der Waals surface area contributed by atoms with Crippen molar-refractivity contribution in [2.75, 3.05) is 19.8 Å². The quantitative estimate of drug-likeness (QED) is 0.728. The largest absolute Gasteiger partial charge is 0.348 e. The lowest BCUT2D eigenvalue weighted by Gasteiger charge is -2.53. The average molecular weight is 243 g/mol. The van der Waals surface area contributed by atoms with E-state index in [0.717, 1.165) is 6.42 Å². The fourth-order valence-electron chi connectivity index (χ4n) is 2.27. The van der Waals surface area contributed by atoms with Crippen molar-refractivity contribution >= 4 is 6.41 Å². The predicted molar refractivity (Wildman–Crippen MR) is 61.1 cm³/mol. The maximum Gasteiger partial charge on any atom is 0.304 e. The second-order valence-electron chi connectivity index (χ2n) is 5.43. The maximum atomic E-state index is 10.7. The number of hydrogen-bond donors (Lipinski definition) is 1. The zero-order valence-corrected chi connectivity index (χ0v) is 10.7. The molecule has 0 unspecified atom stereocenters. The molecule has 1 amide bonds. The molecule has 0 aliphatic carbocycles. The summed E-state index contributed by atoms with van der Waals surface area (Å²) in [5.41, 5.74) is -0.0526. The molecule has 5 heteroatoms. The average Bonchev–Trinajstić information content (AvgIpc) is 2.36. The van der Waals surface area contributed by atoms with Gasteiger partial charge < -0.3 is 19.5 Å². The number of amides is 1. The maximum absolute atomic E-state index is 10.7. The Morgan fingerprint density at radius 2 is 1.82 bits per heavy atom. The third-order valence-corrected chi connectivity index (χ3v) is 3.71. The Morgan fingerprint density at radius 1 is 1.29 bits per heavy atom. The van der Waals surface area contributed by atoms with E-state index in [0.29, 0.717) is 26.2 Å². The molecule has 0 aromatic heterocycles. The molecule has 3 saturated heterocycles. The third kappa shape index (κ3) is 2.19. The molecule has 5 nitrogen and oxygen atoms in total. The Labute approximate surface area is 102 Å². The lowest BCUT2D eigenvalue weighted by Crippen LogP contribution is -2.68. The number of carbonyl (C=O) groups is 1. The molecule has 3 fully saturated rings. The Balaban J connectivity index is 2.15. The van der Waals surface area contributed by atoms with Crippen LogP contribution in [-0.4, -0.2) is 38.2 Å². The number of fused-ring (bicyclic) bond motifs is 3. The zero-order chi connectivity index (χ0) is 12.5. The van der Waals surface area contributed by atoms with E-state index in [-0.39, 0.29) is 17.4 Å². The number of carbonyl (C=O) groups excluding carboxylic acids is 1. The standard InChI is InChI=1S/C12H21NO4/c1-4-9(2)10(13-8-14)12-15-5-11(3,6-16-12)7-17-12/h8-10H,4-7H2,1-3H3,(H,13,14)/t9-,10-,11?,12?/m0/s1. The van der Waals surface area contributed by atoms with E-state index in [1.165, 1.54) is 0 Å². The molecular weight excluding hydrogens is 222 g/mol. The molecule has 0 radical (unpaired) electrons. The van der Waals surface area contributed by atoms with Gasteiger partial charge in [0.25, 0.3) is 0 Å². The molecule has 0 spiro atoms. The third-order valence-electron chi connectivity index (χ3n) is 3.71. The Kier molecular flexibility index (Phi) is 3.43. The molecule has 98 valence electrons. The van der Waals surface area contributed by atoms with Crippen molar-refractivity contribution in [3.63, 3.8) is 0 Å². The van der Waals surface area contributed by atoms with Gasteiger partial charge in [0, 0.05) is 5.41 Å². The molecular formula is C12H21NO4. The van der Waals surface area contributed by atoms with Crippen LogP contribution in [0.1, 0.15) is 27.2 Å². The van der Waals surface area contributed by atoms with Gasteiger partial charge in [0.1, 0.15) is 6.04 Å². The first kappa shape index (κ1) is 12.8. The fourth-order valence-corrected chi connectivity index (χ4v) is 2.27. The molecule has 0 aromatic carbocycles. The minimum Gasteiger partial charge on any atom is -0.348 e. The van der Waals surface area contributed by atoms with E-state index in [4.69, 9.17) is 14.2 Å². The van der Waals surface area contributed by atoms with Crippen LogP contribution in [0.5, 0.6) is 0 Å². The molecule has 0 aromatic rings. The first-order valence-electron chi connectivity index (χ1n) is 6.17. The molecule has 0 saturated carbocycles. The van der Waals surface area contributed by atoms with Crippen LogP contribution in [-0.2, 0) is 19.0 Å². The van der Waals surface area contributed by atoms with Crippen molar-refractivity contribution in [3.8, 4) is 0 Å². The number of rotatable bonds is 5. The summed E-state index contributed by atoms with van der Waals surface area (Å²) in [5, 5.41) is 2.78. The molecule has 2 bridgehead atoms. The topological polar surface area (TPSA) is 56.8 Å². The van der Waals surface area contributed by atoms with Crippen LogP contribution in [0.2, 0.25) is 0 Å². The molecule has 3 heterocycles. The SMILES string of the molecule is CC[C@H](C)[C@H](NC=O)C12OCC(C)(CO1)CO2. The van der Waals surface area contributed by atoms with Crippen LogP contribution >= 0.6 is 0 Å². The van der Waals surface area contributed by atoms with Crippen LogP contribution in [0.15, 0.2) is 0 Å². The van der Waals surface area contributed by atoms with Crippen molar-refractivity contribution in [1.82, 2.24) is 5.32 Å². The Morgan fingerprint density at radius 3 is 2.24 bits per heavy atom. The lowest BCUT2D eigenvalue weighted by molar-refractivity contribution is -0.476. The predicted octanol–water partition coefficient (Wildman–Crippen LogP) is 0.884. The van der Waals surface area contributed by atoms with E-state index in [1.54, 1.807) is 0 Å². The number of hydrogen-bond acceptors (Lipinski definition) is 4.